The number of hydrogen-bond donors (Lipinski definition) is 1. The van der Waals surface area contributed by atoms with Crippen LogP contribution >= 0.6 is 0 Å². The minimum Gasteiger partial charge on any atom is -0.325 e. The van der Waals surface area contributed by atoms with Crippen LogP contribution in [0.4, 0.5) is 5.69 Å². The summed E-state index contributed by atoms with van der Waals surface area (Å²) in [5.74, 6) is -0.585. The Kier molecular flexibility index (Phi) is 6.19. The van der Waals surface area contributed by atoms with Gasteiger partial charge >= 0.3 is 0 Å². The lowest BCUT2D eigenvalue weighted by Crippen LogP contribution is -2.41. The van der Waals surface area contributed by atoms with E-state index in [-0.39, 0.29) is 17.6 Å². The molecule has 0 bridgehead atoms. The van der Waals surface area contributed by atoms with Gasteiger partial charge in [0.25, 0.3) is 0 Å². The Hall–Kier alpha value is -2.51. The number of piperidine rings is 1. The number of benzene rings is 2. The van der Waals surface area contributed by atoms with E-state index < -0.39 is 10.0 Å². The first kappa shape index (κ1) is 21.2. The van der Waals surface area contributed by atoms with Crippen LogP contribution < -0.4 is 5.32 Å². The van der Waals surface area contributed by atoms with Crippen molar-refractivity contribution in [3.05, 3.63) is 59.2 Å². The third kappa shape index (κ3) is 4.57. The fourth-order valence-electron chi connectivity index (χ4n) is 3.52. The van der Waals surface area contributed by atoms with E-state index in [1.165, 1.54) is 11.2 Å². The summed E-state index contributed by atoms with van der Waals surface area (Å²) < 4.78 is 27.3. The SMILES string of the molecule is CC(=O)c1ccccc1NC(=O)C1CCN(S(=O)(=O)c2ccc(C)c(C)c2)CC1. The minimum absolute atomic E-state index is 0.116. The lowest BCUT2D eigenvalue weighted by Gasteiger charge is -2.30. The minimum atomic E-state index is -3.57. The predicted molar refractivity (Wildman–Crippen MR) is 112 cm³/mol. The topological polar surface area (TPSA) is 83.6 Å². The lowest BCUT2D eigenvalue weighted by molar-refractivity contribution is -0.120. The number of aryl methyl sites for hydroxylation is 2. The van der Waals surface area contributed by atoms with E-state index in [0.29, 0.717) is 42.1 Å². The first-order chi connectivity index (χ1) is 13.7. The second kappa shape index (κ2) is 8.47. The Morgan fingerprint density at radius 3 is 2.28 bits per heavy atom. The third-order valence-corrected chi connectivity index (χ3v) is 7.40. The van der Waals surface area contributed by atoms with Crippen molar-refractivity contribution in [1.82, 2.24) is 4.31 Å². The number of rotatable bonds is 5. The molecule has 3 rings (SSSR count). The largest absolute Gasteiger partial charge is 0.325 e. The molecular formula is C22H26N2O4S. The van der Waals surface area contributed by atoms with Gasteiger partial charge in [0.05, 0.1) is 10.6 Å². The summed E-state index contributed by atoms with van der Waals surface area (Å²) in [5, 5.41) is 2.83. The summed E-state index contributed by atoms with van der Waals surface area (Å²) in [6.07, 6.45) is 0.885. The maximum atomic E-state index is 12.9. The van der Waals surface area contributed by atoms with Gasteiger partial charge < -0.3 is 5.32 Å². The Morgan fingerprint density at radius 1 is 1.00 bits per heavy atom. The van der Waals surface area contributed by atoms with Crippen molar-refractivity contribution >= 4 is 27.4 Å². The van der Waals surface area contributed by atoms with Gasteiger partial charge in [0.2, 0.25) is 15.9 Å². The van der Waals surface area contributed by atoms with Crippen LogP contribution in [-0.4, -0.2) is 37.5 Å². The molecule has 1 N–H and O–H groups in total. The monoisotopic (exact) mass is 414 g/mol. The van der Waals surface area contributed by atoms with E-state index in [9.17, 15) is 18.0 Å². The molecular weight excluding hydrogens is 388 g/mol. The average molecular weight is 415 g/mol. The molecule has 2 aromatic carbocycles. The van der Waals surface area contributed by atoms with E-state index in [1.807, 2.05) is 19.9 Å². The van der Waals surface area contributed by atoms with E-state index in [4.69, 9.17) is 0 Å². The number of carbonyl (C=O) groups is 2. The molecule has 29 heavy (non-hydrogen) atoms. The molecule has 0 aromatic heterocycles. The summed E-state index contributed by atoms with van der Waals surface area (Å²) in [5.41, 5.74) is 2.94. The Balaban J connectivity index is 1.66. The van der Waals surface area contributed by atoms with Gasteiger partial charge in [-0.1, -0.05) is 18.2 Å². The summed E-state index contributed by atoms with van der Waals surface area (Å²) in [7, 11) is -3.57. The van der Waals surface area contributed by atoms with Crippen LogP contribution in [0, 0.1) is 19.8 Å². The molecule has 6 nitrogen and oxygen atoms in total. The molecule has 7 heteroatoms. The quantitative estimate of drug-likeness (QED) is 0.759. The van der Waals surface area contributed by atoms with Crippen molar-refractivity contribution in [2.45, 2.75) is 38.5 Å². The van der Waals surface area contributed by atoms with E-state index in [2.05, 4.69) is 5.32 Å². The molecule has 1 aliphatic rings. The maximum absolute atomic E-state index is 12.9. The Morgan fingerprint density at radius 2 is 1.66 bits per heavy atom. The van der Waals surface area contributed by atoms with E-state index in [1.54, 1.807) is 36.4 Å². The highest BCUT2D eigenvalue weighted by Gasteiger charge is 2.32. The number of carbonyl (C=O) groups excluding carboxylic acids is 2. The standard InChI is InChI=1S/C22H26N2O4S/c1-15-8-9-19(14-16(15)2)29(27,28)24-12-10-18(11-13-24)22(26)23-21-7-5-4-6-20(21)17(3)25/h4-9,14,18H,10-13H2,1-3H3,(H,23,26). The smallest absolute Gasteiger partial charge is 0.243 e. The lowest BCUT2D eigenvalue weighted by atomic mass is 9.97. The number of nitrogens with zero attached hydrogens (tertiary/aromatic N) is 1. The average Bonchev–Trinajstić information content (AvgIpc) is 2.70. The van der Waals surface area contributed by atoms with Gasteiger partial charge in [-0.25, -0.2) is 8.42 Å². The number of para-hydroxylation sites is 1. The summed E-state index contributed by atoms with van der Waals surface area (Å²) in [6, 6.07) is 12.0. The molecule has 0 unspecified atom stereocenters. The molecule has 0 saturated carbocycles. The summed E-state index contributed by atoms with van der Waals surface area (Å²) in [6.45, 7) is 5.88. The molecule has 1 amide bonds. The molecule has 0 aliphatic carbocycles. The second-order valence-corrected chi connectivity index (χ2v) is 9.45. The van der Waals surface area contributed by atoms with Crippen molar-refractivity contribution in [3.63, 3.8) is 0 Å². The first-order valence-electron chi connectivity index (χ1n) is 9.68. The number of anilines is 1. The third-order valence-electron chi connectivity index (χ3n) is 5.51. The molecule has 1 fully saturated rings. The molecule has 0 atom stereocenters. The fraction of sp³-hybridized carbons (Fsp3) is 0.364. The van der Waals surface area contributed by atoms with Gasteiger partial charge in [-0.15, -0.1) is 0 Å². The molecule has 2 aromatic rings. The van der Waals surface area contributed by atoms with E-state index in [0.717, 1.165) is 11.1 Å². The maximum Gasteiger partial charge on any atom is 0.243 e. The number of Topliss-reactive ketones (excluding diaryl/α,β-unsaturated/α-hetero) is 1. The highest BCUT2D eigenvalue weighted by molar-refractivity contribution is 7.89. The number of ketones is 1. The zero-order valence-electron chi connectivity index (χ0n) is 16.9. The van der Waals surface area contributed by atoms with Gasteiger partial charge in [-0.05, 0) is 69.0 Å². The van der Waals surface area contributed by atoms with Crippen molar-refractivity contribution in [2.75, 3.05) is 18.4 Å². The van der Waals surface area contributed by atoms with Crippen LogP contribution in [0.3, 0.4) is 0 Å². The molecule has 1 heterocycles. The van der Waals surface area contributed by atoms with Gasteiger partial charge in [0, 0.05) is 24.6 Å². The number of nitrogens with one attached hydrogen (secondary N) is 1. The summed E-state index contributed by atoms with van der Waals surface area (Å²) >= 11 is 0. The van der Waals surface area contributed by atoms with Crippen LogP contribution in [0.1, 0.15) is 41.3 Å². The Labute approximate surface area is 172 Å². The van der Waals surface area contributed by atoms with Crippen molar-refractivity contribution in [3.8, 4) is 0 Å². The normalized spacial score (nSPS) is 15.8. The highest BCUT2D eigenvalue weighted by atomic mass is 32.2. The van der Waals surface area contributed by atoms with Crippen LogP contribution in [0.2, 0.25) is 0 Å². The predicted octanol–water partition coefficient (Wildman–Crippen LogP) is 3.55. The van der Waals surface area contributed by atoms with Crippen LogP contribution in [0.15, 0.2) is 47.4 Å². The van der Waals surface area contributed by atoms with E-state index >= 15 is 0 Å². The molecule has 0 radical (unpaired) electrons. The first-order valence-corrected chi connectivity index (χ1v) is 11.1. The van der Waals surface area contributed by atoms with Gasteiger partial charge in [0.15, 0.2) is 5.78 Å². The van der Waals surface area contributed by atoms with Crippen molar-refractivity contribution in [1.29, 1.82) is 0 Å². The highest BCUT2D eigenvalue weighted by Crippen LogP contribution is 2.26. The van der Waals surface area contributed by atoms with Crippen molar-refractivity contribution in [2.24, 2.45) is 5.92 Å². The number of amides is 1. The van der Waals surface area contributed by atoms with Crippen LogP contribution in [0.25, 0.3) is 0 Å². The molecule has 1 aliphatic heterocycles. The molecule has 1 saturated heterocycles. The Bertz CT molecular complexity index is 1040. The van der Waals surface area contributed by atoms with Gasteiger partial charge in [0.1, 0.15) is 0 Å². The van der Waals surface area contributed by atoms with Crippen LogP contribution in [0.5, 0.6) is 0 Å². The molecule has 0 spiro atoms. The second-order valence-electron chi connectivity index (χ2n) is 7.52. The van der Waals surface area contributed by atoms with Gasteiger partial charge in [-0.3, -0.25) is 9.59 Å². The zero-order chi connectivity index (χ0) is 21.2. The van der Waals surface area contributed by atoms with Crippen molar-refractivity contribution < 1.29 is 18.0 Å². The summed E-state index contributed by atoms with van der Waals surface area (Å²) in [4.78, 5) is 24.7. The fourth-order valence-corrected chi connectivity index (χ4v) is 5.07. The zero-order valence-corrected chi connectivity index (χ0v) is 17.8. The molecule has 154 valence electrons. The van der Waals surface area contributed by atoms with Gasteiger partial charge in [-0.2, -0.15) is 4.31 Å². The van der Waals surface area contributed by atoms with Crippen LogP contribution in [-0.2, 0) is 14.8 Å². The number of sulfonamides is 1. The number of hydrogen-bond acceptors (Lipinski definition) is 4.